The number of hydrogen-bond acceptors (Lipinski definition) is 2. The van der Waals surface area contributed by atoms with E-state index in [1.165, 1.54) is 18.3 Å². The van der Waals surface area contributed by atoms with E-state index in [4.69, 9.17) is 0 Å². The third-order valence-corrected chi connectivity index (χ3v) is 1.90. The summed E-state index contributed by atoms with van der Waals surface area (Å²) in [6, 6.07) is 2.07. The molecule has 0 fully saturated rings. The predicted molar refractivity (Wildman–Crippen MR) is 59.4 cm³/mol. The first-order valence-corrected chi connectivity index (χ1v) is 4.74. The Balaban J connectivity index is 3.17. The van der Waals surface area contributed by atoms with Crippen LogP contribution < -0.4 is 4.74 Å². The van der Waals surface area contributed by atoms with Crippen LogP contribution in [-0.4, -0.2) is 38.4 Å². The molecule has 1 aromatic carbocycles. The molecule has 1 rings (SSSR count). The van der Waals surface area contributed by atoms with Crippen LogP contribution in [0.25, 0.3) is 0 Å². The minimum Gasteiger partial charge on any atom is -0.494 e. The molecule has 0 saturated carbocycles. The number of carbonyl (C=O) groups excluding carboxylic acids is 1. The van der Waals surface area contributed by atoms with Gasteiger partial charge in [0.15, 0.2) is 11.6 Å². The van der Waals surface area contributed by atoms with Gasteiger partial charge in [0, 0.05) is 14.1 Å². The summed E-state index contributed by atoms with van der Waals surface area (Å²) >= 11 is 0. The van der Waals surface area contributed by atoms with Crippen molar-refractivity contribution in [3.8, 4) is 5.75 Å². The summed E-state index contributed by atoms with van der Waals surface area (Å²) in [4.78, 5) is 16.4. The molecular weight excluding hydrogens is 230 g/mol. The molecule has 0 N–H and O–H groups in total. The molecule has 92 valence electrons. The molecule has 0 spiro atoms. The van der Waals surface area contributed by atoms with Crippen LogP contribution in [-0.2, 0) is 0 Å². The smallest absolute Gasteiger partial charge is 0.284 e. The fourth-order valence-electron chi connectivity index (χ4n) is 1.12. The second-order valence-corrected chi connectivity index (χ2v) is 3.45. The molecule has 17 heavy (non-hydrogen) atoms. The highest BCUT2D eigenvalue weighted by Gasteiger charge is 2.20. The topological polar surface area (TPSA) is 41.9 Å². The summed E-state index contributed by atoms with van der Waals surface area (Å²) in [6.07, 6.45) is 1.17. The normalized spacial score (nSPS) is 10.6. The molecule has 0 radical (unpaired) electrons. The summed E-state index contributed by atoms with van der Waals surface area (Å²) in [5, 5.41) is 0. The average Bonchev–Trinajstić information content (AvgIpc) is 2.26. The SMILES string of the molecule is COc1ccc(F)c(C(=O)N=CN(C)C)c1F. The lowest BCUT2D eigenvalue weighted by atomic mass is 10.1. The van der Waals surface area contributed by atoms with Crippen LogP contribution in [0.5, 0.6) is 5.75 Å². The van der Waals surface area contributed by atoms with Crippen molar-refractivity contribution in [3.63, 3.8) is 0 Å². The van der Waals surface area contributed by atoms with E-state index < -0.39 is 23.1 Å². The molecule has 0 aliphatic heterocycles. The fourth-order valence-corrected chi connectivity index (χ4v) is 1.12. The third-order valence-electron chi connectivity index (χ3n) is 1.90. The maximum atomic E-state index is 13.6. The van der Waals surface area contributed by atoms with Gasteiger partial charge in [0.1, 0.15) is 11.4 Å². The zero-order chi connectivity index (χ0) is 13.0. The predicted octanol–water partition coefficient (Wildman–Crippen LogP) is 1.70. The molecule has 1 amide bonds. The minimum atomic E-state index is -1.05. The maximum absolute atomic E-state index is 13.6. The van der Waals surface area contributed by atoms with Gasteiger partial charge in [-0.2, -0.15) is 4.99 Å². The van der Waals surface area contributed by atoms with Crippen molar-refractivity contribution in [3.05, 3.63) is 29.3 Å². The van der Waals surface area contributed by atoms with Crippen LogP contribution in [0.1, 0.15) is 10.4 Å². The zero-order valence-electron chi connectivity index (χ0n) is 9.70. The number of aliphatic imine (C=N–C) groups is 1. The molecule has 0 saturated heterocycles. The van der Waals surface area contributed by atoms with Crippen molar-refractivity contribution >= 4 is 12.2 Å². The Kier molecular flexibility index (Phi) is 4.14. The van der Waals surface area contributed by atoms with E-state index in [1.807, 2.05) is 0 Å². The van der Waals surface area contributed by atoms with E-state index in [9.17, 15) is 13.6 Å². The Hall–Kier alpha value is -1.98. The van der Waals surface area contributed by atoms with Gasteiger partial charge in [0.2, 0.25) is 0 Å². The first-order valence-electron chi connectivity index (χ1n) is 4.74. The summed E-state index contributed by atoms with van der Waals surface area (Å²) < 4.78 is 31.6. The highest BCUT2D eigenvalue weighted by atomic mass is 19.1. The summed E-state index contributed by atoms with van der Waals surface area (Å²) in [5.41, 5.74) is -0.720. The van der Waals surface area contributed by atoms with Crippen molar-refractivity contribution in [1.29, 1.82) is 0 Å². The summed E-state index contributed by atoms with van der Waals surface area (Å²) in [6.45, 7) is 0. The zero-order valence-corrected chi connectivity index (χ0v) is 9.70. The molecule has 0 aromatic heterocycles. The number of methoxy groups -OCH3 is 1. The first kappa shape index (κ1) is 13.1. The minimum absolute atomic E-state index is 0.199. The number of hydrogen-bond donors (Lipinski definition) is 0. The average molecular weight is 242 g/mol. The summed E-state index contributed by atoms with van der Waals surface area (Å²) in [7, 11) is 4.50. The Morgan fingerprint density at radius 2 is 2.06 bits per heavy atom. The lowest BCUT2D eigenvalue weighted by molar-refractivity contribution is 0.0993. The number of rotatable bonds is 3. The van der Waals surface area contributed by atoms with Crippen molar-refractivity contribution < 1.29 is 18.3 Å². The number of nitrogens with zero attached hydrogens (tertiary/aromatic N) is 2. The quantitative estimate of drug-likeness (QED) is 0.598. The molecule has 0 unspecified atom stereocenters. The second-order valence-electron chi connectivity index (χ2n) is 3.45. The molecular formula is C11H12F2N2O2. The Bertz CT molecular complexity index is 459. The fraction of sp³-hybridized carbons (Fsp3) is 0.273. The van der Waals surface area contributed by atoms with Gasteiger partial charge in [0.05, 0.1) is 13.4 Å². The molecule has 0 aliphatic carbocycles. The molecule has 0 aliphatic rings. The van der Waals surface area contributed by atoms with Gasteiger partial charge in [-0.1, -0.05) is 0 Å². The van der Waals surface area contributed by atoms with E-state index in [0.717, 1.165) is 12.1 Å². The van der Waals surface area contributed by atoms with Gasteiger partial charge in [-0.25, -0.2) is 8.78 Å². The highest BCUT2D eigenvalue weighted by Crippen LogP contribution is 2.23. The molecule has 0 atom stereocenters. The molecule has 1 aromatic rings. The van der Waals surface area contributed by atoms with Gasteiger partial charge in [0.25, 0.3) is 5.91 Å². The van der Waals surface area contributed by atoms with E-state index in [1.54, 1.807) is 14.1 Å². The van der Waals surface area contributed by atoms with Gasteiger partial charge in [-0.15, -0.1) is 0 Å². The third kappa shape index (κ3) is 2.99. The van der Waals surface area contributed by atoms with Gasteiger partial charge in [-0.3, -0.25) is 4.79 Å². The Morgan fingerprint density at radius 1 is 1.41 bits per heavy atom. The Morgan fingerprint density at radius 3 is 2.59 bits per heavy atom. The lowest BCUT2D eigenvalue weighted by Gasteiger charge is -2.06. The van der Waals surface area contributed by atoms with Crippen molar-refractivity contribution in [2.24, 2.45) is 4.99 Å². The number of carbonyl (C=O) groups is 1. The van der Waals surface area contributed by atoms with Crippen LogP contribution in [0, 0.1) is 11.6 Å². The van der Waals surface area contributed by atoms with Gasteiger partial charge in [-0.05, 0) is 12.1 Å². The number of amides is 1. The van der Waals surface area contributed by atoms with E-state index in [-0.39, 0.29) is 5.75 Å². The van der Waals surface area contributed by atoms with Crippen LogP contribution in [0.4, 0.5) is 8.78 Å². The number of halogens is 2. The van der Waals surface area contributed by atoms with Crippen molar-refractivity contribution in [2.45, 2.75) is 0 Å². The van der Waals surface area contributed by atoms with Gasteiger partial charge >= 0.3 is 0 Å². The molecule has 6 heteroatoms. The second kappa shape index (κ2) is 5.38. The van der Waals surface area contributed by atoms with E-state index in [2.05, 4.69) is 9.73 Å². The monoisotopic (exact) mass is 242 g/mol. The standard InChI is InChI=1S/C11H12F2N2O2/c1-15(2)6-14-11(16)9-7(12)4-5-8(17-3)10(9)13/h4-6H,1-3H3. The Labute approximate surface area is 97.5 Å². The molecule has 0 heterocycles. The maximum Gasteiger partial charge on any atom is 0.284 e. The van der Waals surface area contributed by atoms with Crippen LogP contribution in [0.15, 0.2) is 17.1 Å². The van der Waals surface area contributed by atoms with Gasteiger partial charge < -0.3 is 9.64 Å². The summed E-state index contributed by atoms with van der Waals surface area (Å²) in [5.74, 6) is -3.21. The number of benzene rings is 1. The van der Waals surface area contributed by atoms with E-state index >= 15 is 0 Å². The van der Waals surface area contributed by atoms with Crippen LogP contribution >= 0.6 is 0 Å². The largest absolute Gasteiger partial charge is 0.494 e. The van der Waals surface area contributed by atoms with E-state index in [0.29, 0.717) is 0 Å². The molecule has 4 nitrogen and oxygen atoms in total. The lowest BCUT2D eigenvalue weighted by Crippen LogP contribution is -2.11. The number of ether oxygens (including phenoxy) is 1. The van der Waals surface area contributed by atoms with Crippen LogP contribution in [0.2, 0.25) is 0 Å². The van der Waals surface area contributed by atoms with Crippen LogP contribution in [0.3, 0.4) is 0 Å². The first-order chi connectivity index (χ1) is 7.97. The highest BCUT2D eigenvalue weighted by molar-refractivity contribution is 5.99. The molecule has 0 bridgehead atoms. The van der Waals surface area contributed by atoms with Crippen molar-refractivity contribution in [2.75, 3.05) is 21.2 Å². The van der Waals surface area contributed by atoms with Crippen molar-refractivity contribution in [1.82, 2.24) is 4.90 Å².